The molecule has 0 unspecified atom stereocenters. The van der Waals surface area contributed by atoms with Crippen molar-refractivity contribution >= 4 is 28.8 Å². The average molecular weight is 411 g/mol. The number of hydrogen-bond donors (Lipinski definition) is 3. The molecule has 1 aromatic carbocycles. The van der Waals surface area contributed by atoms with Gasteiger partial charge in [0.15, 0.2) is 0 Å². The molecule has 150 valence electrons. The van der Waals surface area contributed by atoms with E-state index in [0.717, 1.165) is 40.6 Å². The zero-order valence-electron chi connectivity index (χ0n) is 15.7. The SMILES string of the molecule is NC(=O)c1cc(-c2csc(-c3ccc(NC(=O)CN4CCOCC4)cc3)n2)c[nH]1. The van der Waals surface area contributed by atoms with Gasteiger partial charge in [0.1, 0.15) is 10.7 Å². The molecule has 29 heavy (non-hydrogen) atoms. The minimum Gasteiger partial charge on any atom is -0.379 e. The van der Waals surface area contributed by atoms with Gasteiger partial charge in [0.05, 0.1) is 25.5 Å². The lowest BCUT2D eigenvalue weighted by atomic mass is 10.2. The first-order chi connectivity index (χ1) is 14.1. The number of carbonyl (C=O) groups is 2. The van der Waals surface area contributed by atoms with Crippen LogP contribution >= 0.6 is 11.3 Å². The van der Waals surface area contributed by atoms with Crippen LogP contribution in [0.25, 0.3) is 21.8 Å². The van der Waals surface area contributed by atoms with Crippen LogP contribution in [0.1, 0.15) is 10.5 Å². The average Bonchev–Trinajstić information content (AvgIpc) is 3.39. The number of nitrogens with two attached hydrogens (primary N) is 1. The third-order valence-electron chi connectivity index (χ3n) is 4.63. The number of anilines is 1. The van der Waals surface area contributed by atoms with Crippen LogP contribution in [0.2, 0.25) is 0 Å². The van der Waals surface area contributed by atoms with Crippen molar-refractivity contribution in [2.24, 2.45) is 5.73 Å². The molecule has 8 nitrogen and oxygen atoms in total. The van der Waals surface area contributed by atoms with Crippen LogP contribution in [0.5, 0.6) is 0 Å². The molecule has 0 saturated carbocycles. The Bertz CT molecular complexity index is 1010. The quantitative estimate of drug-likeness (QED) is 0.575. The number of carbonyl (C=O) groups excluding carboxylic acids is 2. The van der Waals surface area contributed by atoms with Crippen LogP contribution in [0.4, 0.5) is 5.69 Å². The first-order valence-corrected chi connectivity index (χ1v) is 10.1. The zero-order chi connectivity index (χ0) is 20.2. The number of H-pyrrole nitrogens is 1. The van der Waals surface area contributed by atoms with Crippen molar-refractivity contribution in [2.75, 3.05) is 38.2 Å². The number of hydrogen-bond acceptors (Lipinski definition) is 6. The number of nitrogens with one attached hydrogen (secondary N) is 2. The second-order valence-corrected chi connectivity index (χ2v) is 7.58. The number of morpholine rings is 1. The number of benzene rings is 1. The van der Waals surface area contributed by atoms with Gasteiger partial charge in [0, 0.05) is 41.5 Å². The molecule has 9 heteroatoms. The molecular formula is C20H21N5O3S. The summed E-state index contributed by atoms with van der Waals surface area (Å²) in [5.74, 6) is -0.535. The van der Waals surface area contributed by atoms with Gasteiger partial charge >= 0.3 is 0 Å². The second-order valence-electron chi connectivity index (χ2n) is 6.72. The molecule has 0 bridgehead atoms. The normalized spacial score (nSPS) is 14.6. The van der Waals surface area contributed by atoms with Gasteiger partial charge in [-0.3, -0.25) is 14.5 Å². The van der Waals surface area contributed by atoms with Crippen LogP contribution in [0.15, 0.2) is 41.9 Å². The molecule has 2 aromatic heterocycles. The first kappa shape index (κ1) is 19.3. The van der Waals surface area contributed by atoms with Gasteiger partial charge in [-0.15, -0.1) is 11.3 Å². The van der Waals surface area contributed by atoms with Gasteiger partial charge in [-0.25, -0.2) is 4.98 Å². The molecule has 3 aromatic rings. The van der Waals surface area contributed by atoms with Crippen LogP contribution in [-0.4, -0.2) is 59.5 Å². The van der Waals surface area contributed by atoms with Crippen LogP contribution < -0.4 is 11.1 Å². The Kier molecular flexibility index (Phi) is 5.70. The van der Waals surface area contributed by atoms with Crippen molar-refractivity contribution in [3.8, 4) is 21.8 Å². The molecule has 1 fully saturated rings. The standard InChI is InChI=1S/C20H21N5O3S/c21-19(27)16-9-14(10-22-16)17-12-29-20(24-17)13-1-3-15(4-2-13)23-18(26)11-25-5-7-28-8-6-25/h1-4,9-10,12,22H,5-8,11H2,(H2,21,27)(H,23,26). The maximum absolute atomic E-state index is 12.2. The molecule has 0 radical (unpaired) electrons. The summed E-state index contributed by atoms with van der Waals surface area (Å²) >= 11 is 1.51. The summed E-state index contributed by atoms with van der Waals surface area (Å²) in [6.07, 6.45) is 1.71. The smallest absolute Gasteiger partial charge is 0.265 e. The fraction of sp³-hybridized carbons (Fsp3) is 0.250. The lowest BCUT2D eigenvalue weighted by molar-refractivity contribution is -0.118. The van der Waals surface area contributed by atoms with E-state index in [1.54, 1.807) is 12.3 Å². The second kappa shape index (κ2) is 8.56. The van der Waals surface area contributed by atoms with Crippen LogP contribution in [0.3, 0.4) is 0 Å². The highest BCUT2D eigenvalue weighted by molar-refractivity contribution is 7.13. The molecule has 1 saturated heterocycles. The molecule has 4 N–H and O–H groups in total. The predicted octanol–water partition coefficient (Wildman–Crippen LogP) is 2.17. The van der Waals surface area contributed by atoms with Crippen LogP contribution in [-0.2, 0) is 9.53 Å². The van der Waals surface area contributed by atoms with Crippen molar-refractivity contribution in [3.05, 3.63) is 47.6 Å². The minimum absolute atomic E-state index is 0.0334. The van der Waals surface area contributed by atoms with Gasteiger partial charge in [0.25, 0.3) is 5.91 Å². The topological polar surface area (TPSA) is 113 Å². The zero-order valence-corrected chi connectivity index (χ0v) is 16.5. The van der Waals surface area contributed by atoms with E-state index in [9.17, 15) is 9.59 Å². The highest BCUT2D eigenvalue weighted by Gasteiger charge is 2.14. The number of thiazole rings is 1. The summed E-state index contributed by atoms with van der Waals surface area (Å²) < 4.78 is 5.30. The lowest BCUT2D eigenvalue weighted by Gasteiger charge is -2.25. The predicted molar refractivity (Wildman–Crippen MR) is 112 cm³/mol. The largest absolute Gasteiger partial charge is 0.379 e. The third-order valence-corrected chi connectivity index (χ3v) is 5.53. The van der Waals surface area contributed by atoms with Crippen molar-refractivity contribution in [1.82, 2.24) is 14.9 Å². The summed E-state index contributed by atoms with van der Waals surface area (Å²) in [5, 5.41) is 5.71. The molecule has 1 aliphatic heterocycles. The number of aromatic amines is 1. The number of primary amides is 1. The van der Waals surface area contributed by atoms with Crippen LogP contribution in [0, 0.1) is 0 Å². The van der Waals surface area contributed by atoms with E-state index in [1.165, 1.54) is 11.3 Å². The Morgan fingerprint density at radius 3 is 2.66 bits per heavy atom. The molecular weight excluding hydrogens is 390 g/mol. The minimum atomic E-state index is -0.502. The van der Waals surface area contributed by atoms with E-state index in [4.69, 9.17) is 10.5 Å². The Morgan fingerprint density at radius 1 is 1.21 bits per heavy atom. The van der Waals surface area contributed by atoms with Crippen molar-refractivity contribution < 1.29 is 14.3 Å². The van der Waals surface area contributed by atoms with Crippen molar-refractivity contribution in [2.45, 2.75) is 0 Å². The van der Waals surface area contributed by atoms with Gasteiger partial charge in [-0.05, 0) is 30.3 Å². The number of amides is 2. The first-order valence-electron chi connectivity index (χ1n) is 9.23. The fourth-order valence-corrected chi connectivity index (χ4v) is 3.92. The summed E-state index contributed by atoms with van der Waals surface area (Å²) in [4.78, 5) is 33.0. The number of rotatable bonds is 6. The Hall–Kier alpha value is -3.01. The molecule has 0 spiro atoms. The van der Waals surface area contributed by atoms with E-state index >= 15 is 0 Å². The maximum atomic E-state index is 12.2. The molecule has 0 aliphatic carbocycles. The lowest BCUT2D eigenvalue weighted by Crippen LogP contribution is -2.41. The van der Waals surface area contributed by atoms with E-state index < -0.39 is 5.91 Å². The molecule has 3 heterocycles. The molecule has 1 aliphatic rings. The van der Waals surface area contributed by atoms with E-state index in [-0.39, 0.29) is 5.91 Å². The Balaban J connectivity index is 1.39. The molecule has 2 amide bonds. The number of aromatic nitrogens is 2. The maximum Gasteiger partial charge on any atom is 0.265 e. The number of ether oxygens (including phenoxy) is 1. The van der Waals surface area contributed by atoms with E-state index in [2.05, 4.69) is 20.2 Å². The summed E-state index contributed by atoms with van der Waals surface area (Å²) in [7, 11) is 0. The van der Waals surface area contributed by atoms with Gasteiger partial charge in [0.2, 0.25) is 5.91 Å². The monoisotopic (exact) mass is 411 g/mol. The fourth-order valence-electron chi connectivity index (χ4n) is 3.08. The molecule has 4 rings (SSSR count). The Morgan fingerprint density at radius 2 is 1.97 bits per heavy atom. The van der Waals surface area contributed by atoms with Crippen molar-refractivity contribution in [3.63, 3.8) is 0 Å². The summed E-state index contributed by atoms with van der Waals surface area (Å²) in [6, 6.07) is 9.29. The van der Waals surface area contributed by atoms with E-state index in [0.29, 0.717) is 25.5 Å². The van der Waals surface area contributed by atoms with E-state index in [1.807, 2.05) is 29.6 Å². The highest BCUT2D eigenvalue weighted by Crippen LogP contribution is 2.29. The number of nitrogens with zero attached hydrogens (tertiary/aromatic N) is 2. The van der Waals surface area contributed by atoms with Gasteiger partial charge in [-0.1, -0.05) is 0 Å². The highest BCUT2D eigenvalue weighted by atomic mass is 32.1. The summed E-state index contributed by atoms with van der Waals surface area (Å²) in [6.45, 7) is 3.27. The third kappa shape index (κ3) is 4.70. The van der Waals surface area contributed by atoms with Gasteiger partial charge < -0.3 is 20.8 Å². The molecule has 0 atom stereocenters. The van der Waals surface area contributed by atoms with Gasteiger partial charge in [-0.2, -0.15) is 0 Å². The van der Waals surface area contributed by atoms with Crippen molar-refractivity contribution in [1.29, 1.82) is 0 Å². The Labute approximate surface area is 171 Å². The summed E-state index contributed by atoms with van der Waals surface area (Å²) in [5.41, 5.74) is 8.92.